The van der Waals surface area contributed by atoms with E-state index < -0.39 is 18.0 Å². The van der Waals surface area contributed by atoms with Gasteiger partial charge in [0, 0.05) is 17.8 Å². The van der Waals surface area contributed by atoms with Crippen molar-refractivity contribution < 1.29 is 19.4 Å². The number of carboxylic acid groups (broad SMARTS) is 1. The van der Waals surface area contributed by atoms with Crippen LogP contribution in [0.4, 0.5) is 10.5 Å². The highest BCUT2D eigenvalue weighted by Crippen LogP contribution is 2.27. The lowest BCUT2D eigenvalue weighted by Gasteiger charge is -2.16. The van der Waals surface area contributed by atoms with Gasteiger partial charge in [0.25, 0.3) is 0 Å². The molecule has 0 fully saturated rings. The van der Waals surface area contributed by atoms with Crippen molar-refractivity contribution in [3.8, 4) is 5.75 Å². The number of rotatable bonds is 6. The zero-order valence-corrected chi connectivity index (χ0v) is 12.9. The number of aliphatic carboxylic acids is 1. The van der Waals surface area contributed by atoms with Gasteiger partial charge in [-0.05, 0) is 34.5 Å². The highest BCUT2D eigenvalue weighted by atomic mass is 79.9. The zero-order chi connectivity index (χ0) is 15.1. The van der Waals surface area contributed by atoms with Gasteiger partial charge in [-0.1, -0.05) is 6.92 Å². The van der Waals surface area contributed by atoms with Crippen molar-refractivity contribution >= 4 is 33.6 Å². The molecule has 0 heterocycles. The van der Waals surface area contributed by atoms with Crippen LogP contribution in [0.15, 0.2) is 22.7 Å². The number of carbonyl (C=O) groups excluding carboxylic acids is 1. The van der Waals surface area contributed by atoms with Crippen LogP contribution in [0.3, 0.4) is 0 Å². The molecule has 0 aliphatic carbocycles. The van der Waals surface area contributed by atoms with Crippen LogP contribution in [0.2, 0.25) is 0 Å². The first-order valence-corrected chi connectivity index (χ1v) is 6.88. The predicted octanol–water partition coefficient (Wildman–Crippen LogP) is 2.83. The minimum Gasteiger partial charge on any atom is -0.495 e. The second-order valence-corrected chi connectivity index (χ2v) is 5.01. The van der Waals surface area contributed by atoms with Gasteiger partial charge in [-0.3, -0.25) is 4.79 Å². The Morgan fingerprint density at radius 2 is 2.15 bits per heavy atom. The number of hydrogen-bond donors (Lipinski definition) is 3. The third kappa shape index (κ3) is 5.08. The van der Waals surface area contributed by atoms with E-state index in [1.165, 1.54) is 7.11 Å². The number of benzene rings is 1. The van der Waals surface area contributed by atoms with Crippen LogP contribution in [0.25, 0.3) is 0 Å². The fourth-order valence-corrected chi connectivity index (χ4v) is 2.01. The standard InChI is InChI=1S/C13H17BrN2O4/c1-3-8(7-12(17)18)15-13(19)16-9-4-5-10(14)11(6-9)20-2/h4-6,8H,3,7H2,1-2H3,(H,17,18)(H2,15,16,19). The van der Waals surface area contributed by atoms with E-state index in [-0.39, 0.29) is 6.42 Å². The van der Waals surface area contributed by atoms with E-state index in [1.807, 2.05) is 6.92 Å². The molecule has 0 bridgehead atoms. The highest BCUT2D eigenvalue weighted by Gasteiger charge is 2.14. The Labute approximate surface area is 125 Å². The van der Waals surface area contributed by atoms with E-state index in [0.29, 0.717) is 17.9 Å². The molecule has 20 heavy (non-hydrogen) atoms. The predicted molar refractivity (Wildman–Crippen MR) is 79.2 cm³/mol. The molecule has 0 spiro atoms. The van der Waals surface area contributed by atoms with E-state index in [9.17, 15) is 9.59 Å². The second-order valence-electron chi connectivity index (χ2n) is 4.15. The van der Waals surface area contributed by atoms with Crippen LogP contribution in [-0.2, 0) is 4.79 Å². The first-order valence-electron chi connectivity index (χ1n) is 6.09. The zero-order valence-electron chi connectivity index (χ0n) is 11.3. The van der Waals surface area contributed by atoms with Crippen molar-refractivity contribution in [1.82, 2.24) is 5.32 Å². The Balaban J connectivity index is 2.63. The molecule has 3 N–H and O–H groups in total. The summed E-state index contributed by atoms with van der Waals surface area (Å²) in [6.07, 6.45) is 0.441. The SMILES string of the molecule is CCC(CC(=O)O)NC(=O)Nc1ccc(Br)c(OC)c1. The molecular weight excluding hydrogens is 328 g/mol. The number of carbonyl (C=O) groups is 2. The third-order valence-electron chi connectivity index (χ3n) is 2.66. The molecule has 0 saturated carbocycles. The Morgan fingerprint density at radius 3 is 2.70 bits per heavy atom. The summed E-state index contributed by atoms with van der Waals surface area (Å²) in [6, 6.07) is 4.29. The maximum Gasteiger partial charge on any atom is 0.319 e. The van der Waals surface area contributed by atoms with Crippen molar-refractivity contribution in [2.45, 2.75) is 25.8 Å². The maximum absolute atomic E-state index is 11.8. The summed E-state index contributed by atoms with van der Waals surface area (Å²) in [5, 5.41) is 14.0. The van der Waals surface area contributed by atoms with Gasteiger partial charge in [0.15, 0.2) is 0 Å². The molecule has 0 aliphatic heterocycles. The smallest absolute Gasteiger partial charge is 0.319 e. The van der Waals surface area contributed by atoms with Crippen molar-refractivity contribution in [2.24, 2.45) is 0 Å². The maximum atomic E-state index is 11.8. The van der Waals surface area contributed by atoms with Crippen LogP contribution < -0.4 is 15.4 Å². The third-order valence-corrected chi connectivity index (χ3v) is 3.31. The first kappa shape index (κ1) is 16.3. The minimum absolute atomic E-state index is 0.104. The van der Waals surface area contributed by atoms with E-state index in [1.54, 1.807) is 18.2 Å². The number of anilines is 1. The topological polar surface area (TPSA) is 87.7 Å². The van der Waals surface area contributed by atoms with E-state index >= 15 is 0 Å². The van der Waals surface area contributed by atoms with Crippen molar-refractivity contribution in [2.75, 3.05) is 12.4 Å². The summed E-state index contributed by atoms with van der Waals surface area (Å²) in [5.41, 5.74) is 0.563. The molecule has 1 rings (SSSR count). The van der Waals surface area contributed by atoms with Gasteiger partial charge in [0.1, 0.15) is 5.75 Å². The van der Waals surface area contributed by atoms with Crippen molar-refractivity contribution in [1.29, 1.82) is 0 Å². The number of carboxylic acids is 1. The molecule has 2 amide bonds. The Morgan fingerprint density at radius 1 is 1.45 bits per heavy atom. The van der Waals surface area contributed by atoms with Crippen LogP contribution >= 0.6 is 15.9 Å². The summed E-state index contributed by atoms with van der Waals surface area (Å²) in [6.45, 7) is 1.82. The Bertz CT molecular complexity index is 493. The molecule has 110 valence electrons. The Kier molecular flexibility index (Phi) is 6.30. The van der Waals surface area contributed by atoms with Crippen molar-refractivity contribution in [3.63, 3.8) is 0 Å². The number of amides is 2. The molecule has 1 atom stereocenters. The molecule has 6 nitrogen and oxygen atoms in total. The highest BCUT2D eigenvalue weighted by molar-refractivity contribution is 9.10. The number of ether oxygens (including phenoxy) is 1. The summed E-state index contributed by atoms with van der Waals surface area (Å²) < 4.78 is 5.91. The molecule has 1 unspecified atom stereocenters. The van der Waals surface area contributed by atoms with E-state index in [4.69, 9.17) is 9.84 Å². The molecule has 0 saturated heterocycles. The number of urea groups is 1. The van der Waals surface area contributed by atoms with Gasteiger partial charge < -0.3 is 20.5 Å². The van der Waals surface area contributed by atoms with Gasteiger partial charge in [0.2, 0.25) is 0 Å². The van der Waals surface area contributed by atoms with E-state index in [0.717, 1.165) is 4.47 Å². The minimum atomic E-state index is -0.942. The Hall–Kier alpha value is -1.76. The number of nitrogens with one attached hydrogen (secondary N) is 2. The van der Waals surface area contributed by atoms with Gasteiger partial charge in [0.05, 0.1) is 18.0 Å². The molecule has 1 aromatic rings. The van der Waals surface area contributed by atoms with Crippen molar-refractivity contribution in [3.05, 3.63) is 22.7 Å². The molecule has 1 aromatic carbocycles. The first-order chi connectivity index (χ1) is 9.46. The fourth-order valence-electron chi connectivity index (χ4n) is 1.60. The molecular formula is C13H17BrN2O4. The van der Waals surface area contributed by atoms with Gasteiger partial charge >= 0.3 is 12.0 Å². The fraction of sp³-hybridized carbons (Fsp3) is 0.385. The largest absolute Gasteiger partial charge is 0.495 e. The quantitative estimate of drug-likeness (QED) is 0.740. The molecule has 0 radical (unpaired) electrons. The number of hydrogen-bond acceptors (Lipinski definition) is 3. The monoisotopic (exact) mass is 344 g/mol. The van der Waals surface area contributed by atoms with Gasteiger partial charge in [-0.15, -0.1) is 0 Å². The average molecular weight is 345 g/mol. The molecule has 0 aromatic heterocycles. The lowest BCUT2D eigenvalue weighted by molar-refractivity contribution is -0.137. The molecule has 0 aliphatic rings. The normalized spacial score (nSPS) is 11.6. The van der Waals surface area contributed by atoms with Crippen LogP contribution in [-0.4, -0.2) is 30.3 Å². The summed E-state index contributed by atoms with van der Waals surface area (Å²) in [7, 11) is 1.53. The number of methoxy groups -OCH3 is 1. The average Bonchev–Trinajstić information content (AvgIpc) is 2.39. The summed E-state index contributed by atoms with van der Waals surface area (Å²) in [5.74, 6) is -0.345. The van der Waals surface area contributed by atoms with E-state index in [2.05, 4.69) is 26.6 Å². The van der Waals surface area contributed by atoms with Crippen LogP contribution in [0.5, 0.6) is 5.75 Å². The second kappa shape index (κ2) is 7.74. The lowest BCUT2D eigenvalue weighted by atomic mass is 10.1. The number of halogens is 1. The van der Waals surface area contributed by atoms with Crippen LogP contribution in [0.1, 0.15) is 19.8 Å². The van der Waals surface area contributed by atoms with Gasteiger partial charge in [-0.2, -0.15) is 0 Å². The lowest BCUT2D eigenvalue weighted by Crippen LogP contribution is -2.38. The molecule has 7 heteroatoms. The summed E-state index contributed by atoms with van der Waals surface area (Å²) >= 11 is 3.32. The van der Waals surface area contributed by atoms with Gasteiger partial charge in [-0.25, -0.2) is 4.79 Å². The summed E-state index contributed by atoms with van der Waals surface area (Å²) in [4.78, 5) is 22.4. The van der Waals surface area contributed by atoms with Crippen LogP contribution in [0, 0.1) is 0 Å².